The summed E-state index contributed by atoms with van der Waals surface area (Å²) in [4.78, 5) is 128. The quantitative estimate of drug-likeness (QED) is 0.150. The Labute approximate surface area is 383 Å². The zero-order valence-corrected chi connectivity index (χ0v) is 39.8. The number of carbonyl (C=O) groups is 9. The normalized spacial score (nSPS) is 25.4. The molecule has 6 amide bonds. The number of rotatable bonds is 16. The molecular formula is C48H72N6O11. The minimum atomic E-state index is -1.65. The molecule has 6 N–H and O–H groups in total. The predicted molar refractivity (Wildman–Crippen MR) is 242 cm³/mol. The van der Waals surface area contributed by atoms with Crippen LogP contribution in [0.25, 0.3) is 0 Å². The lowest BCUT2D eigenvalue weighted by Gasteiger charge is -2.40. The second kappa shape index (κ2) is 24.6. The SMILES string of the molecule is CC[C@H](C)[C@@H]1NC(=O)[C@H](Cc2ccc(O)cc2)N(C)C(=O)[C@H]([C@@H](C)CC)N2C=CC[C@H](CC(=O)[C@H](CC(C)C)NC(=O)[C@@H](NC(=O)[C@H](CCC(N)=O)CC(=O)C(C)C)[C@@H](C)OC1=O)C2=O. The zero-order chi connectivity index (χ0) is 48.9. The number of allylic oxidation sites excluding steroid dienone is 1. The third-order valence-corrected chi connectivity index (χ3v) is 12.7. The van der Waals surface area contributed by atoms with Crippen LogP contribution in [0.5, 0.6) is 5.75 Å². The number of nitrogens with two attached hydrogens (primary N) is 1. The molecule has 2 aliphatic rings. The second-order valence-electron chi connectivity index (χ2n) is 18.6. The number of ketones is 2. The fourth-order valence-corrected chi connectivity index (χ4v) is 8.03. The van der Waals surface area contributed by atoms with Crippen molar-refractivity contribution in [1.29, 1.82) is 0 Å². The Kier molecular flexibility index (Phi) is 20.3. The number of likely N-dealkylation sites (N-methyl/N-ethyl adjacent to an activating group) is 1. The van der Waals surface area contributed by atoms with Gasteiger partial charge in [-0.15, -0.1) is 0 Å². The van der Waals surface area contributed by atoms with E-state index in [4.69, 9.17) is 10.5 Å². The van der Waals surface area contributed by atoms with Crippen molar-refractivity contribution in [2.24, 2.45) is 41.2 Å². The van der Waals surface area contributed by atoms with Crippen molar-refractivity contribution in [3.8, 4) is 5.75 Å². The van der Waals surface area contributed by atoms with E-state index in [-0.39, 0.29) is 62.4 Å². The number of esters is 1. The summed E-state index contributed by atoms with van der Waals surface area (Å²) in [6.45, 7) is 15.6. The average molecular weight is 909 g/mol. The maximum absolute atomic E-state index is 14.8. The monoisotopic (exact) mass is 909 g/mol. The molecule has 0 unspecified atom stereocenters. The number of carbonyl (C=O) groups excluding carboxylic acids is 9. The van der Waals surface area contributed by atoms with Gasteiger partial charge in [0.05, 0.1) is 6.04 Å². The summed E-state index contributed by atoms with van der Waals surface area (Å²) >= 11 is 0. The van der Waals surface area contributed by atoms with Gasteiger partial charge in [-0.1, -0.05) is 86.4 Å². The molecule has 65 heavy (non-hydrogen) atoms. The molecule has 1 fully saturated rings. The van der Waals surface area contributed by atoms with Crippen LogP contribution in [0.4, 0.5) is 0 Å². The average Bonchev–Trinajstić information content (AvgIpc) is 3.25. The molecule has 0 spiro atoms. The van der Waals surface area contributed by atoms with Crippen molar-refractivity contribution in [3.63, 3.8) is 0 Å². The number of hydrogen-bond acceptors (Lipinski definition) is 11. The molecule has 0 aromatic heterocycles. The summed E-state index contributed by atoms with van der Waals surface area (Å²) in [5.74, 6) is -9.40. The number of aromatic hydroxyl groups is 1. The van der Waals surface area contributed by atoms with Gasteiger partial charge in [-0.3, -0.25) is 38.4 Å². The van der Waals surface area contributed by atoms with Crippen LogP contribution in [0.3, 0.4) is 0 Å². The number of nitrogens with zero attached hydrogens (tertiary/aromatic N) is 2. The lowest BCUT2D eigenvalue weighted by atomic mass is 9.87. The summed E-state index contributed by atoms with van der Waals surface area (Å²) in [5.41, 5.74) is 5.99. The summed E-state index contributed by atoms with van der Waals surface area (Å²) in [7, 11) is 1.45. The fraction of sp³-hybridized carbons (Fsp3) is 0.646. The number of hydrogen-bond donors (Lipinski definition) is 5. The van der Waals surface area contributed by atoms with E-state index >= 15 is 0 Å². The maximum Gasteiger partial charge on any atom is 0.329 e. The molecule has 10 atom stereocenters. The molecule has 0 radical (unpaired) electrons. The third kappa shape index (κ3) is 15.0. The van der Waals surface area contributed by atoms with Crippen molar-refractivity contribution >= 4 is 53.0 Å². The van der Waals surface area contributed by atoms with E-state index in [1.165, 1.54) is 42.1 Å². The van der Waals surface area contributed by atoms with E-state index in [1.807, 2.05) is 27.7 Å². The first-order valence-corrected chi connectivity index (χ1v) is 23.0. The number of fused-ring (bicyclic) bond motifs is 2. The molecule has 3 rings (SSSR count). The van der Waals surface area contributed by atoms with Crippen LogP contribution in [0.15, 0.2) is 36.5 Å². The van der Waals surface area contributed by atoms with E-state index in [0.29, 0.717) is 18.4 Å². The first kappa shape index (κ1) is 53.7. The Hall–Kier alpha value is -5.61. The van der Waals surface area contributed by atoms with Crippen molar-refractivity contribution in [1.82, 2.24) is 25.8 Å². The minimum absolute atomic E-state index is 0.0129. The molecule has 2 bridgehead atoms. The highest BCUT2D eigenvalue weighted by Gasteiger charge is 2.44. The van der Waals surface area contributed by atoms with Gasteiger partial charge in [0.1, 0.15) is 41.8 Å². The Morgan fingerprint density at radius 2 is 1.54 bits per heavy atom. The molecule has 1 aromatic carbocycles. The Balaban J connectivity index is 2.25. The van der Waals surface area contributed by atoms with Crippen LogP contribution >= 0.6 is 0 Å². The number of benzene rings is 1. The van der Waals surface area contributed by atoms with Crippen LogP contribution in [-0.4, -0.2) is 111 Å². The van der Waals surface area contributed by atoms with Crippen molar-refractivity contribution in [3.05, 3.63) is 42.1 Å². The minimum Gasteiger partial charge on any atom is -0.508 e. The first-order valence-electron chi connectivity index (χ1n) is 23.0. The van der Waals surface area contributed by atoms with E-state index < -0.39 is 113 Å². The fourth-order valence-electron chi connectivity index (χ4n) is 8.03. The standard InChI is InChI=1S/C48H72N6O11/c1-11-28(7)40-48(64)65-30(9)41(52-43(59)32(17-20-39(49)58)24-37(56)27(5)6)45(61)50-35(22-26(3)4)38(57)25-33-14-13-21-54(46(33)62)42(29(8)12-2)47(63)53(10)36(44(60)51-40)23-31-15-18-34(55)19-16-31/h13,15-16,18-19,21,26-30,32-33,35-36,40-42,55H,11-12,14,17,20,22-25H2,1-10H3,(H2,49,58)(H,50,61)(H,51,60)(H,52,59)/t28-,29-,30+,32+,33+,35-,36-,40-,41-,42-/m0/s1. The number of nitrogens with one attached hydrogen (secondary N) is 3. The molecule has 17 heteroatoms. The number of Topliss-reactive ketones (excluding diaryl/α,β-unsaturated/α-hetero) is 2. The Morgan fingerprint density at radius 1 is 0.908 bits per heavy atom. The molecule has 360 valence electrons. The lowest BCUT2D eigenvalue weighted by molar-refractivity contribution is -0.158. The maximum atomic E-state index is 14.8. The largest absolute Gasteiger partial charge is 0.508 e. The second-order valence-corrected chi connectivity index (χ2v) is 18.6. The van der Waals surface area contributed by atoms with Gasteiger partial charge in [0.25, 0.3) is 0 Å². The molecule has 17 nitrogen and oxygen atoms in total. The van der Waals surface area contributed by atoms with Crippen LogP contribution in [-0.2, 0) is 54.3 Å². The highest BCUT2D eigenvalue weighted by atomic mass is 16.5. The van der Waals surface area contributed by atoms with Gasteiger partial charge < -0.3 is 41.3 Å². The molecule has 2 heterocycles. The molecular weight excluding hydrogens is 837 g/mol. The Bertz CT molecular complexity index is 1920. The van der Waals surface area contributed by atoms with E-state index in [2.05, 4.69) is 16.0 Å². The van der Waals surface area contributed by atoms with Gasteiger partial charge in [-0.05, 0) is 61.6 Å². The lowest BCUT2D eigenvalue weighted by Crippen LogP contribution is -2.60. The van der Waals surface area contributed by atoms with Gasteiger partial charge in [-0.25, -0.2) is 4.79 Å². The summed E-state index contributed by atoms with van der Waals surface area (Å²) in [5, 5.41) is 18.2. The number of amides is 6. The molecule has 1 aromatic rings. The number of ether oxygens (including phenoxy) is 1. The van der Waals surface area contributed by atoms with Gasteiger partial charge in [-0.2, -0.15) is 0 Å². The summed E-state index contributed by atoms with van der Waals surface area (Å²) < 4.78 is 5.95. The van der Waals surface area contributed by atoms with Gasteiger partial charge >= 0.3 is 5.97 Å². The number of primary amides is 1. The Morgan fingerprint density at radius 3 is 2.11 bits per heavy atom. The predicted octanol–water partition coefficient (Wildman–Crippen LogP) is 3.49. The van der Waals surface area contributed by atoms with E-state index in [9.17, 15) is 48.3 Å². The first-order chi connectivity index (χ1) is 30.5. The number of cyclic esters (lactones) is 1. The molecule has 1 saturated heterocycles. The third-order valence-electron chi connectivity index (χ3n) is 12.7. The van der Waals surface area contributed by atoms with Crippen LogP contribution < -0.4 is 21.7 Å². The van der Waals surface area contributed by atoms with E-state index in [0.717, 1.165) is 0 Å². The summed E-state index contributed by atoms with van der Waals surface area (Å²) in [6.07, 6.45) is 2.02. The van der Waals surface area contributed by atoms with Crippen LogP contribution in [0.1, 0.15) is 119 Å². The smallest absolute Gasteiger partial charge is 0.329 e. The topological polar surface area (TPSA) is 252 Å². The van der Waals surface area contributed by atoms with Gasteiger partial charge in [0.2, 0.25) is 35.4 Å². The van der Waals surface area contributed by atoms with Crippen molar-refractivity contribution in [2.45, 2.75) is 156 Å². The van der Waals surface area contributed by atoms with Crippen LogP contribution in [0, 0.1) is 35.5 Å². The number of phenolic OH excluding ortho intramolecular Hbond substituents is 1. The molecule has 2 aliphatic heterocycles. The van der Waals surface area contributed by atoms with Gasteiger partial charge in [0, 0.05) is 56.7 Å². The zero-order valence-electron chi connectivity index (χ0n) is 39.8. The van der Waals surface area contributed by atoms with Crippen molar-refractivity contribution in [2.75, 3.05) is 7.05 Å². The molecule has 0 saturated carbocycles. The number of phenols is 1. The van der Waals surface area contributed by atoms with Crippen molar-refractivity contribution < 1.29 is 53.0 Å². The van der Waals surface area contributed by atoms with Gasteiger partial charge in [0.15, 0.2) is 5.78 Å². The highest BCUT2D eigenvalue weighted by molar-refractivity contribution is 5.98. The molecule has 0 aliphatic carbocycles. The van der Waals surface area contributed by atoms with Crippen LogP contribution in [0.2, 0.25) is 0 Å². The summed E-state index contributed by atoms with van der Waals surface area (Å²) in [6, 6.07) is -0.376. The van der Waals surface area contributed by atoms with E-state index in [1.54, 1.807) is 45.9 Å². The highest BCUT2D eigenvalue weighted by Crippen LogP contribution is 2.29.